The van der Waals surface area contributed by atoms with E-state index in [4.69, 9.17) is 4.74 Å². The maximum Gasteiger partial charge on any atom is 0.331 e. The zero-order valence-corrected chi connectivity index (χ0v) is 13.0. The fourth-order valence-corrected chi connectivity index (χ4v) is 3.60. The van der Waals surface area contributed by atoms with Crippen LogP contribution < -0.4 is 0 Å². The second-order valence-electron chi connectivity index (χ2n) is 5.25. The molecule has 21 heavy (non-hydrogen) atoms. The van der Waals surface area contributed by atoms with Crippen LogP contribution in [0.25, 0.3) is 0 Å². The average molecular weight is 304 g/mol. The van der Waals surface area contributed by atoms with Gasteiger partial charge in [0.15, 0.2) is 0 Å². The lowest BCUT2D eigenvalue weighted by atomic mass is 9.86. The topological polar surface area (TPSA) is 43.4 Å². The Bertz CT molecular complexity index is 522. The van der Waals surface area contributed by atoms with Gasteiger partial charge < -0.3 is 4.74 Å². The summed E-state index contributed by atoms with van der Waals surface area (Å²) in [6.45, 7) is 0. The van der Waals surface area contributed by atoms with Gasteiger partial charge in [-0.25, -0.2) is 4.79 Å². The van der Waals surface area contributed by atoms with Gasteiger partial charge in [-0.1, -0.05) is 30.0 Å². The number of ketones is 1. The number of carbonyl (C=O) groups excluding carboxylic acids is 2. The minimum atomic E-state index is -0.337. The van der Waals surface area contributed by atoms with Gasteiger partial charge in [0.05, 0.1) is 7.11 Å². The number of benzene rings is 1. The summed E-state index contributed by atoms with van der Waals surface area (Å²) in [5.74, 6) is 0.349. The first kappa shape index (κ1) is 15.8. The first-order valence-electron chi connectivity index (χ1n) is 7.20. The smallest absolute Gasteiger partial charge is 0.331 e. The number of hydrogen-bond donors (Lipinski definition) is 0. The molecule has 1 unspecified atom stereocenters. The molecule has 0 heterocycles. The minimum absolute atomic E-state index is 0.337. The molecule has 1 aromatic rings. The van der Waals surface area contributed by atoms with E-state index < -0.39 is 0 Å². The van der Waals surface area contributed by atoms with Crippen LogP contribution in [-0.2, 0) is 14.3 Å². The number of Topliss-reactive ketones (excluding diaryl/α,β-unsaturated/α-hetero) is 1. The van der Waals surface area contributed by atoms with Crippen molar-refractivity contribution >= 4 is 23.5 Å². The summed E-state index contributed by atoms with van der Waals surface area (Å²) >= 11 is 1.58. The molecule has 0 bridgehead atoms. The molecule has 4 heteroatoms. The maximum absolute atomic E-state index is 11.6. The Kier molecular flexibility index (Phi) is 6.05. The lowest BCUT2D eigenvalue weighted by molar-refractivity contribution is -0.134. The Morgan fingerprint density at radius 3 is 2.81 bits per heavy atom. The number of methoxy groups -OCH3 is 1. The van der Waals surface area contributed by atoms with Gasteiger partial charge in [-0.2, -0.15) is 0 Å². The third-order valence-corrected chi connectivity index (χ3v) is 4.60. The number of thioether (sulfide) groups is 1. The van der Waals surface area contributed by atoms with Crippen molar-refractivity contribution in [2.75, 3.05) is 7.11 Å². The zero-order chi connectivity index (χ0) is 15.1. The van der Waals surface area contributed by atoms with Crippen molar-refractivity contribution in [1.82, 2.24) is 0 Å². The van der Waals surface area contributed by atoms with E-state index >= 15 is 0 Å². The number of allylic oxidation sites excluding steroid dienone is 1. The molecular weight excluding hydrogens is 284 g/mol. The quantitative estimate of drug-likeness (QED) is 0.469. The van der Waals surface area contributed by atoms with E-state index in [2.05, 4.69) is 0 Å². The summed E-state index contributed by atoms with van der Waals surface area (Å²) in [6.07, 6.45) is 5.67. The van der Waals surface area contributed by atoms with Crippen molar-refractivity contribution in [3.8, 4) is 0 Å². The maximum atomic E-state index is 11.6. The monoisotopic (exact) mass is 304 g/mol. The van der Waals surface area contributed by atoms with Crippen LogP contribution in [0.2, 0.25) is 0 Å². The molecule has 0 radical (unpaired) electrons. The minimum Gasteiger partial charge on any atom is -0.466 e. The highest BCUT2D eigenvalue weighted by atomic mass is 32.2. The number of hydrogen-bond acceptors (Lipinski definition) is 4. The van der Waals surface area contributed by atoms with Crippen molar-refractivity contribution in [2.45, 2.75) is 37.0 Å². The molecule has 2 rings (SSSR count). The number of carbonyl (C=O) groups is 2. The molecule has 1 saturated carbocycles. The third-order valence-electron chi connectivity index (χ3n) is 3.55. The summed E-state index contributed by atoms with van der Waals surface area (Å²) in [6, 6.07) is 9.95. The van der Waals surface area contributed by atoms with E-state index in [1.165, 1.54) is 7.11 Å². The van der Waals surface area contributed by atoms with Crippen LogP contribution in [0.15, 0.2) is 46.2 Å². The second kappa shape index (κ2) is 8.03. The van der Waals surface area contributed by atoms with Crippen LogP contribution in [0.3, 0.4) is 0 Å². The van der Waals surface area contributed by atoms with Gasteiger partial charge in [0.1, 0.15) is 5.78 Å². The van der Waals surface area contributed by atoms with E-state index in [1.54, 1.807) is 17.8 Å². The van der Waals surface area contributed by atoms with Crippen molar-refractivity contribution in [3.63, 3.8) is 0 Å². The molecule has 0 aromatic heterocycles. The zero-order valence-electron chi connectivity index (χ0n) is 12.2. The van der Waals surface area contributed by atoms with Gasteiger partial charge in [0, 0.05) is 23.8 Å². The summed E-state index contributed by atoms with van der Waals surface area (Å²) in [4.78, 5) is 25.2. The highest BCUT2D eigenvalue weighted by Crippen LogP contribution is 2.35. The molecule has 0 amide bonds. The average Bonchev–Trinajstić information content (AvgIpc) is 2.48. The Labute approximate surface area is 129 Å². The lowest BCUT2D eigenvalue weighted by Crippen LogP contribution is -2.15. The standard InChI is InChI=1S/C17H20O3S/c1-20-17(19)12-16(21-15-8-3-2-4-9-15)11-13-6-5-7-14(18)10-13/h2-4,8-9,12-13H,5-7,10-11H2,1H3/b16-12-. The fraction of sp³-hybridized carbons (Fsp3) is 0.412. The van der Waals surface area contributed by atoms with Gasteiger partial charge in [-0.05, 0) is 42.2 Å². The summed E-state index contributed by atoms with van der Waals surface area (Å²) in [7, 11) is 1.38. The van der Waals surface area contributed by atoms with Crippen molar-refractivity contribution < 1.29 is 14.3 Å². The number of esters is 1. The van der Waals surface area contributed by atoms with Crippen LogP contribution in [0.1, 0.15) is 32.1 Å². The van der Waals surface area contributed by atoms with E-state index in [0.29, 0.717) is 24.5 Å². The Morgan fingerprint density at radius 1 is 1.38 bits per heavy atom. The molecule has 1 atom stereocenters. The molecule has 1 aliphatic rings. The molecule has 1 aromatic carbocycles. The van der Waals surface area contributed by atoms with Crippen molar-refractivity contribution in [1.29, 1.82) is 0 Å². The second-order valence-corrected chi connectivity index (χ2v) is 6.45. The summed E-state index contributed by atoms with van der Waals surface area (Å²) in [5, 5.41) is 0. The first-order chi connectivity index (χ1) is 10.2. The molecule has 1 fully saturated rings. The molecule has 0 N–H and O–H groups in total. The Hall–Kier alpha value is -1.55. The van der Waals surface area contributed by atoms with Crippen molar-refractivity contribution in [3.05, 3.63) is 41.3 Å². The Balaban J connectivity index is 2.07. The van der Waals surface area contributed by atoms with Crippen LogP contribution in [0, 0.1) is 5.92 Å². The highest BCUT2D eigenvalue weighted by Gasteiger charge is 2.21. The van der Waals surface area contributed by atoms with Crippen molar-refractivity contribution in [2.24, 2.45) is 5.92 Å². The first-order valence-corrected chi connectivity index (χ1v) is 8.02. The van der Waals surface area contributed by atoms with Crippen LogP contribution in [-0.4, -0.2) is 18.9 Å². The van der Waals surface area contributed by atoms with E-state index in [-0.39, 0.29) is 5.97 Å². The SMILES string of the molecule is COC(=O)/C=C(/CC1CCCC(=O)C1)Sc1ccccc1. The third kappa shape index (κ3) is 5.38. The van der Waals surface area contributed by atoms with Gasteiger partial charge in [0.2, 0.25) is 0 Å². The van der Waals surface area contributed by atoms with E-state index in [9.17, 15) is 9.59 Å². The molecule has 0 aliphatic heterocycles. The predicted molar refractivity (Wildman–Crippen MR) is 84.0 cm³/mol. The molecular formula is C17H20O3S. The highest BCUT2D eigenvalue weighted by molar-refractivity contribution is 8.03. The molecule has 1 aliphatic carbocycles. The normalized spacial score (nSPS) is 19.4. The van der Waals surface area contributed by atoms with Gasteiger partial charge >= 0.3 is 5.97 Å². The fourth-order valence-electron chi connectivity index (χ4n) is 2.53. The molecule has 0 saturated heterocycles. The van der Waals surface area contributed by atoms with Crippen LogP contribution in [0.4, 0.5) is 0 Å². The number of rotatable bonds is 5. The van der Waals surface area contributed by atoms with Crippen LogP contribution in [0.5, 0.6) is 0 Å². The molecule has 112 valence electrons. The predicted octanol–water partition coefficient (Wildman–Crippen LogP) is 3.99. The largest absolute Gasteiger partial charge is 0.466 e. The molecule has 3 nitrogen and oxygen atoms in total. The van der Waals surface area contributed by atoms with Crippen LogP contribution >= 0.6 is 11.8 Å². The summed E-state index contributed by atoms with van der Waals surface area (Å²) in [5.41, 5.74) is 0. The summed E-state index contributed by atoms with van der Waals surface area (Å²) < 4.78 is 4.73. The van der Waals surface area contributed by atoms with Gasteiger partial charge in [0.25, 0.3) is 0 Å². The molecule has 0 spiro atoms. The number of ether oxygens (including phenoxy) is 1. The van der Waals surface area contributed by atoms with Gasteiger partial charge in [-0.3, -0.25) is 4.79 Å². The Morgan fingerprint density at radius 2 is 2.14 bits per heavy atom. The van der Waals surface area contributed by atoms with Gasteiger partial charge in [-0.15, -0.1) is 0 Å². The van der Waals surface area contributed by atoms with E-state index in [1.807, 2.05) is 30.3 Å². The lowest BCUT2D eigenvalue weighted by Gasteiger charge is -2.21. The van der Waals surface area contributed by atoms with E-state index in [0.717, 1.165) is 29.1 Å².